The summed E-state index contributed by atoms with van der Waals surface area (Å²) < 4.78 is 0. The SMILES string of the molecule is O=C(C1CCCN1CC=CCl)N1CCNCC1. The average Bonchev–Trinajstić information content (AvgIpc) is 2.84. The third-order valence-electron chi connectivity index (χ3n) is 3.51. The summed E-state index contributed by atoms with van der Waals surface area (Å²) in [5.41, 5.74) is 1.53. The van der Waals surface area contributed by atoms with Crippen LogP contribution in [0.25, 0.3) is 0 Å². The second-order valence-corrected chi connectivity index (χ2v) is 4.84. The Bertz CT molecular complexity index is 289. The van der Waals surface area contributed by atoms with Crippen LogP contribution in [0.5, 0.6) is 0 Å². The van der Waals surface area contributed by atoms with Gasteiger partial charge >= 0.3 is 0 Å². The lowest BCUT2D eigenvalue weighted by molar-refractivity contribution is -0.136. The Morgan fingerprint density at radius 3 is 2.82 bits per heavy atom. The van der Waals surface area contributed by atoms with Crippen LogP contribution in [-0.4, -0.2) is 61.0 Å². The second kappa shape index (κ2) is 6.38. The van der Waals surface area contributed by atoms with Crippen molar-refractivity contribution in [3.8, 4) is 0 Å². The first-order valence-corrected chi connectivity index (χ1v) is 6.75. The van der Waals surface area contributed by atoms with Crippen LogP contribution in [-0.2, 0) is 4.79 Å². The Morgan fingerprint density at radius 2 is 2.12 bits per heavy atom. The van der Waals surface area contributed by atoms with Gasteiger partial charge in [-0.1, -0.05) is 17.7 Å². The summed E-state index contributed by atoms with van der Waals surface area (Å²) in [6.07, 6.45) is 4.00. The Kier molecular flexibility index (Phi) is 4.83. The monoisotopic (exact) mass is 257 g/mol. The largest absolute Gasteiger partial charge is 0.339 e. The van der Waals surface area contributed by atoms with Crippen molar-refractivity contribution in [3.63, 3.8) is 0 Å². The van der Waals surface area contributed by atoms with E-state index in [2.05, 4.69) is 10.2 Å². The van der Waals surface area contributed by atoms with Crippen LogP contribution < -0.4 is 5.32 Å². The highest BCUT2D eigenvalue weighted by molar-refractivity contribution is 6.25. The smallest absolute Gasteiger partial charge is 0.240 e. The Hall–Kier alpha value is -0.580. The molecule has 17 heavy (non-hydrogen) atoms. The fourth-order valence-corrected chi connectivity index (χ4v) is 2.68. The number of hydrogen-bond acceptors (Lipinski definition) is 3. The summed E-state index contributed by atoms with van der Waals surface area (Å²) >= 11 is 5.55. The normalized spacial score (nSPS) is 26.9. The number of piperazine rings is 1. The van der Waals surface area contributed by atoms with E-state index in [0.717, 1.165) is 52.1 Å². The molecule has 0 aromatic heterocycles. The van der Waals surface area contributed by atoms with Crippen molar-refractivity contribution < 1.29 is 4.79 Å². The van der Waals surface area contributed by atoms with Gasteiger partial charge in [0.15, 0.2) is 0 Å². The third-order valence-corrected chi connectivity index (χ3v) is 3.68. The van der Waals surface area contributed by atoms with E-state index < -0.39 is 0 Å². The molecule has 2 aliphatic rings. The molecule has 2 fully saturated rings. The highest BCUT2D eigenvalue weighted by Gasteiger charge is 2.33. The maximum atomic E-state index is 12.4. The van der Waals surface area contributed by atoms with E-state index >= 15 is 0 Å². The molecule has 4 nitrogen and oxygen atoms in total. The maximum Gasteiger partial charge on any atom is 0.240 e. The van der Waals surface area contributed by atoms with E-state index in [1.54, 1.807) is 0 Å². The number of amides is 1. The minimum atomic E-state index is 0.0703. The minimum Gasteiger partial charge on any atom is -0.339 e. The summed E-state index contributed by atoms with van der Waals surface area (Å²) in [5.74, 6) is 0.298. The lowest BCUT2D eigenvalue weighted by Gasteiger charge is -2.32. The Balaban J connectivity index is 1.92. The van der Waals surface area contributed by atoms with Crippen molar-refractivity contribution in [1.82, 2.24) is 15.1 Å². The number of halogens is 1. The summed E-state index contributed by atoms with van der Waals surface area (Å²) in [5, 5.41) is 3.27. The van der Waals surface area contributed by atoms with Gasteiger partial charge in [0.1, 0.15) is 0 Å². The molecule has 2 rings (SSSR count). The highest BCUT2D eigenvalue weighted by Crippen LogP contribution is 2.19. The van der Waals surface area contributed by atoms with Crippen molar-refractivity contribution in [2.24, 2.45) is 0 Å². The van der Waals surface area contributed by atoms with Crippen LogP contribution in [0.4, 0.5) is 0 Å². The van der Waals surface area contributed by atoms with Crippen LogP contribution in [0.15, 0.2) is 11.6 Å². The zero-order valence-corrected chi connectivity index (χ0v) is 10.8. The van der Waals surface area contributed by atoms with Gasteiger partial charge in [-0.05, 0) is 19.4 Å². The topological polar surface area (TPSA) is 35.6 Å². The molecule has 2 saturated heterocycles. The standard InChI is InChI=1S/C12H20ClN3O/c13-4-2-8-15-7-1-3-11(15)12(17)16-9-5-14-6-10-16/h2,4,11,14H,1,3,5-10H2. The molecule has 0 radical (unpaired) electrons. The number of nitrogens with zero attached hydrogens (tertiary/aromatic N) is 2. The zero-order valence-electron chi connectivity index (χ0n) is 10.1. The molecule has 0 aromatic rings. The predicted octanol–water partition coefficient (Wildman–Crippen LogP) is 0.635. The quantitative estimate of drug-likeness (QED) is 0.806. The molecule has 5 heteroatoms. The van der Waals surface area contributed by atoms with Crippen molar-refractivity contribution in [1.29, 1.82) is 0 Å². The van der Waals surface area contributed by atoms with Gasteiger partial charge in [-0.2, -0.15) is 0 Å². The van der Waals surface area contributed by atoms with Crippen molar-refractivity contribution in [3.05, 3.63) is 11.6 Å². The van der Waals surface area contributed by atoms with Crippen LogP contribution in [0.1, 0.15) is 12.8 Å². The highest BCUT2D eigenvalue weighted by atomic mass is 35.5. The van der Waals surface area contributed by atoms with Gasteiger partial charge in [0, 0.05) is 38.3 Å². The van der Waals surface area contributed by atoms with Gasteiger partial charge in [-0.15, -0.1) is 0 Å². The lowest BCUT2D eigenvalue weighted by atomic mass is 10.1. The molecule has 2 aliphatic heterocycles. The van der Waals surface area contributed by atoms with Crippen molar-refractivity contribution >= 4 is 17.5 Å². The average molecular weight is 258 g/mol. The number of carbonyl (C=O) groups excluding carboxylic acids is 1. The van der Waals surface area contributed by atoms with Crippen molar-refractivity contribution in [2.45, 2.75) is 18.9 Å². The van der Waals surface area contributed by atoms with Gasteiger partial charge in [-0.3, -0.25) is 9.69 Å². The number of likely N-dealkylation sites (tertiary alicyclic amines) is 1. The molecule has 0 aromatic carbocycles. The van der Waals surface area contributed by atoms with Crippen LogP contribution in [0, 0.1) is 0 Å². The first-order chi connectivity index (χ1) is 8.33. The van der Waals surface area contributed by atoms with Crippen LogP contribution in [0.3, 0.4) is 0 Å². The fraction of sp³-hybridized carbons (Fsp3) is 0.750. The molecule has 96 valence electrons. The molecule has 1 N–H and O–H groups in total. The fourth-order valence-electron chi connectivity index (χ4n) is 2.60. The number of nitrogens with one attached hydrogen (secondary N) is 1. The molecular formula is C12H20ClN3O. The summed E-state index contributed by atoms with van der Waals surface area (Å²) in [4.78, 5) is 16.6. The maximum absolute atomic E-state index is 12.4. The third kappa shape index (κ3) is 3.21. The first-order valence-electron chi connectivity index (χ1n) is 6.31. The Morgan fingerprint density at radius 1 is 1.35 bits per heavy atom. The van der Waals surface area contributed by atoms with Gasteiger partial charge in [0.25, 0.3) is 0 Å². The zero-order chi connectivity index (χ0) is 12.1. The number of rotatable bonds is 3. The molecule has 0 spiro atoms. The van der Waals surface area contributed by atoms with Crippen molar-refractivity contribution in [2.75, 3.05) is 39.3 Å². The van der Waals surface area contributed by atoms with Gasteiger partial charge < -0.3 is 10.2 Å². The number of hydrogen-bond donors (Lipinski definition) is 1. The van der Waals surface area contributed by atoms with Gasteiger partial charge in [-0.25, -0.2) is 0 Å². The molecular weight excluding hydrogens is 238 g/mol. The van der Waals surface area contributed by atoms with Gasteiger partial charge in [0.2, 0.25) is 5.91 Å². The molecule has 0 aliphatic carbocycles. The van der Waals surface area contributed by atoms with E-state index in [9.17, 15) is 4.79 Å². The molecule has 0 bridgehead atoms. The Labute approximate surface area is 108 Å². The van der Waals surface area contributed by atoms with E-state index in [4.69, 9.17) is 11.6 Å². The predicted molar refractivity (Wildman–Crippen MR) is 69.0 cm³/mol. The summed E-state index contributed by atoms with van der Waals surface area (Å²) in [6, 6.07) is 0.0703. The summed E-state index contributed by atoms with van der Waals surface area (Å²) in [7, 11) is 0. The molecule has 1 amide bonds. The molecule has 1 unspecified atom stereocenters. The van der Waals surface area contributed by atoms with E-state index in [0.29, 0.717) is 5.91 Å². The lowest BCUT2D eigenvalue weighted by Crippen LogP contribution is -2.52. The number of carbonyl (C=O) groups is 1. The van der Waals surface area contributed by atoms with Crippen LogP contribution in [0.2, 0.25) is 0 Å². The van der Waals surface area contributed by atoms with E-state index in [1.807, 2.05) is 11.0 Å². The van der Waals surface area contributed by atoms with Crippen LogP contribution >= 0.6 is 11.6 Å². The van der Waals surface area contributed by atoms with E-state index in [1.165, 1.54) is 5.54 Å². The minimum absolute atomic E-state index is 0.0703. The first kappa shape index (κ1) is 12.9. The molecule has 2 heterocycles. The molecule has 1 atom stereocenters. The van der Waals surface area contributed by atoms with E-state index in [-0.39, 0.29) is 6.04 Å². The molecule has 0 saturated carbocycles. The summed E-state index contributed by atoms with van der Waals surface area (Å²) in [6.45, 7) is 5.30. The van der Waals surface area contributed by atoms with Gasteiger partial charge in [0.05, 0.1) is 6.04 Å². The second-order valence-electron chi connectivity index (χ2n) is 4.59.